The zero-order chi connectivity index (χ0) is 17.4. The molecular formula is C19H18N2O3S. The van der Waals surface area contributed by atoms with Crippen molar-refractivity contribution in [2.24, 2.45) is 0 Å². The van der Waals surface area contributed by atoms with Crippen LogP contribution in [0.5, 0.6) is 5.75 Å². The Morgan fingerprint density at radius 1 is 1.16 bits per heavy atom. The quantitative estimate of drug-likeness (QED) is 0.714. The number of aromatic nitrogens is 2. The minimum absolute atomic E-state index is 0.247. The number of allylic oxidation sites excluding steroid dienone is 2. The van der Waals surface area contributed by atoms with Gasteiger partial charge in [-0.25, -0.2) is 17.4 Å². The van der Waals surface area contributed by atoms with E-state index >= 15 is 0 Å². The van der Waals surface area contributed by atoms with Gasteiger partial charge in [-0.2, -0.15) is 0 Å². The number of ether oxygens (including phenoxy) is 1. The lowest BCUT2D eigenvalue weighted by molar-refractivity contribution is 0.419. The molecule has 0 saturated heterocycles. The van der Waals surface area contributed by atoms with Crippen LogP contribution >= 0.6 is 0 Å². The molecule has 6 heteroatoms. The van der Waals surface area contributed by atoms with E-state index in [0.717, 1.165) is 24.8 Å². The minimum atomic E-state index is -3.76. The molecule has 3 aromatic rings. The normalized spacial score (nSPS) is 14.7. The van der Waals surface area contributed by atoms with E-state index in [9.17, 15) is 8.42 Å². The Hall–Kier alpha value is -2.60. The molecule has 1 aromatic carbocycles. The molecule has 0 atom stereocenters. The first-order valence-corrected chi connectivity index (χ1v) is 9.61. The van der Waals surface area contributed by atoms with E-state index in [1.807, 2.05) is 6.07 Å². The molecule has 0 spiro atoms. The third kappa shape index (κ3) is 2.53. The lowest BCUT2D eigenvalue weighted by atomic mass is 10.1. The smallest absolute Gasteiger partial charge is 0.269 e. The van der Waals surface area contributed by atoms with Gasteiger partial charge in [-0.15, -0.1) is 0 Å². The third-order valence-corrected chi connectivity index (χ3v) is 6.21. The van der Waals surface area contributed by atoms with Gasteiger partial charge in [0.2, 0.25) is 0 Å². The van der Waals surface area contributed by atoms with Crippen LogP contribution in [-0.4, -0.2) is 24.5 Å². The van der Waals surface area contributed by atoms with Crippen LogP contribution in [0.15, 0.2) is 59.6 Å². The fraction of sp³-hybridized carbons (Fsp3) is 0.211. The molecule has 2 aromatic heterocycles. The van der Waals surface area contributed by atoms with Crippen molar-refractivity contribution in [3.63, 3.8) is 0 Å². The summed E-state index contributed by atoms with van der Waals surface area (Å²) in [5.74, 6) is 0.617. The van der Waals surface area contributed by atoms with Gasteiger partial charge in [0, 0.05) is 6.20 Å². The van der Waals surface area contributed by atoms with Gasteiger partial charge in [-0.05, 0) is 49.1 Å². The van der Waals surface area contributed by atoms with Crippen molar-refractivity contribution in [1.82, 2.24) is 8.96 Å². The van der Waals surface area contributed by atoms with Crippen molar-refractivity contribution in [3.05, 3.63) is 60.4 Å². The summed E-state index contributed by atoms with van der Waals surface area (Å²) >= 11 is 0. The third-order valence-electron chi connectivity index (χ3n) is 4.49. The van der Waals surface area contributed by atoms with E-state index < -0.39 is 10.0 Å². The van der Waals surface area contributed by atoms with Crippen LogP contribution in [-0.2, 0) is 10.0 Å². The Bertz CT molecular complexity index is 1070. The number of fused-ring (bicyclic) bond motifs is 1. The molecule has 0 unspecified atom stereocenters. The van der Waals surface area contributed by atoms with E-state index in [1.165, 1.54) is 3.97 Å². The molecule has 0 saturated carbocycles. The molecule has 0 radical (unpaired) electrons. The Balaban J connectivity index is 2.06. The summed E-state index contributed by atoms with van der Waals surface area (Å²) < 4.78 is 33.4. The first kappa shape index (κ1) is 15.9. The molecular weight excluding hydrogens is 336 g/mol. The summed E-state index contributed by atoms with van der Waals surface area (Å²) in [5, 5.41) is 0.701. The molecule has 25 heavy (non-hydrogen) atoms. The predicted molar refractivity (Wildman–Crippen MR) is 97.1 cm³/mol. The Labute approximate surface area is 146 Å². The Morgan fingerprint density at radius 2 is 1.96 bits per heavy atom. The molecule has 2 heterocycles. The fourth-order valence-electron chi connectivity index (χ4n) is 3.30. The van der Waals surface area contributed by atoms with E-state index in [4.69, 9.17) is 4.74 Å². The van der Waals surface area contributed by atoms with Crippen LogP contribution in [0.3, 0.4) is 0 Å². The fourth-order valence-corrected chi connectivity index (χ4v) is 4.81. The Morgan fingerprint density at radius 3 is 2.64 bits per heavy atom. The summed E-state index contributed by atoms with van der Waals surface area (Å²) in [7, 11) is -2.18. The number of nitrogens with zero attached hydrogens (tertiary/aromatic N) is 2. The van der Waals surface area contributed by atoms with Gasteiger partial charge < -0.3 is 4.74 Å². The molecule has 0 bridgehead atoms. The Kier molecular flexibility index (Phi) is 3.84. The maximum Gasteiger partial charge on any atom is 0.269 e. The standard InChI is InChI=1S/C19H18N2O3S/c1-24-18-11-12-20-19-16(18)13-17(14-7-5-6-8-14)21(19)25(22,23)15-9-3-2-4-10-15/h2-4,7,9-13H,5-6,8H2,1H3. The number of methoxy groups -OCH3 is 1. The number of hydrogen-bond donors (Lipinski definition) is 0. The summed E-state index contributed by atoms with van der Waals surface area (Å²) in [6.45, 7) is 0. The maximum atomic E-state index is 13.3. The zero-order valence-electron chi connectivity index (χ0n) is 13.8. The lowest BCUT2D eigenvalue weighted by Crippen LogP contribution is -2.15. The zero-order valence-corrected chi connectivity index (χ0v) is 14.7. The molecule has 0 amide bonds. The molecule has 5 nitrogen and oxygen atoms in total. The van der Waals surface area contributed by atoms with E-state index in [-0.39, 0.29) is 4.90 Å². The molecule has 1 aliphatic rings. The second kappa shape index (κ2) is 6.04. The highest BCUT2D eigenvalue weighted by Gasteiger charge is 2.27. The molecule has 128 valence electrons. The minimum Gasteiger partial charge on any atom is -0.496 e. The van der Waals surface area contributed by atoms with Gasteiger partial charge in [0.1, 0.15) is 5.75 Å². The van der Waals surface area contributed by atoms with Gasteiger partial charge in [0.25, 0.3) is 10.0 Å². The van der Waals surface area contributed by atoms with E-state index in [0.29, 0.717) is 22.5 Å². The maximum absolute atomic E-state index is 13.3. The molecule has 0 fully saturated rings. The number of pyridine rings is 1. The highest BCUT2D eigenvalue weighted by Crippen LogP contribution is 2.36. The van der Waals surface area contributed by atoms with Gasteiger partial charge >= 0.3 is 0 Å². The van der Waals surface area contributed by atoms with Crippen LogP contribution < -0.4 is 4.74 Å². The van der Waals surface area contributed by atoms with Gasteiger partial charge in [-0.1, -0.05) is 24.3 Å². The largest absolute Gasteiger partial charge is 0.496 e. The molecule has 4 rings (SSSR count). The second-order valence-electron chi connectivity index (χ2n) is 5.98. The molecule has 0 aliphatic heterocycles. The molecule has 1 aliphatic carbocycles. The van der Waals surface area contributed by atoms with Crippen molar-refractivity contribution in [2.75, 3.05) is 7.11 Å². The van der Waals surface area contributed by atoms with E-state index in [2.05, 4.69) is 11.1 Å². The van der Waals surface area contributed by atoms with Gasteiger partial charge in [0.05, 0.1) is 23.1 Å². The van der Waals surface area contributed by atoms with Crippen LogP contribution in [0.4, 0.5) is 0 Å². The topological polar surface area (TPSA) is 61.2 Å². The summed E-state index contributed by atoms with van der Waals surface area (Å²) in [5.41, 5.74) is 2.11. The molecule has 0 N–H and O–H groups in total. The first-order chi connectivity index (χ1) is 12.1. The van der Waals surface area contributed by atoms with Crippen LogP contribution in [0.1, 0.15) is 25.0 Å². The van der Waals surface area contributed by atoms with Crippen LogP contribution in [0, 0.1) is 0 Å². The highest BCUT2D eigenvalue weighted by molar-refractivity contribution is 7.90. The lowest BCUT2D eigenvalue weighted by Gasteiger charge is -2.12. The number of rotatable bonds is 4. The van der Waals surface area contributed by atoms with Crippen molar-refractivity contribution >= 4 is 26.6 Å². The van der Waals surface area contributed by atoms with Crippen LogP contribution in [0.25, 0.3) is 16.6 Å². The summed E-state index contributed by atoms with van der Waals surface area (Å²) in [4.78, 5) is 4.60. The predicted octanol–water partition coefficient (Wildman–Crippen LogP) is 3.85. The second-order valence-corrected chi connectivity index (χ2v) is 7.77. The summed E-state index contributed by atoms with van der Waals surface area (Å²) in [6, 6.07) is 12.1. The SMILES string of the molecule is COc1ccnc2c1cc(C1=CCCC1)n2S(=O)(=O)c1ccccc1. The van der Waals surface area contributed by atoms with Crippen molar-refractivity contribution < 1.29 is 13.2 Å². The monoisotopic (exact) mass is 354 g/mol. The van der Waals surface area contributed by atoms with Gasteiger partial charge in [-0.3, -0.25) is 0 Å². The average molecular weight is 354 g/mol. The van der Waals surface area contributed by atoms with Crippen LogP contribution in [0.2, 0.25) is 0 Å². The average Bonchev–Trinajstić information content (AvgIpc) is 3.29. The first-order valence-electron chi connectivity index (χ1n) is 8.17. The van der Waals surface area contributed by atoms with E-state index in [1.54, 1.807) is 49.7 Å². The summed E-state index contributed by atoms with van der Waals surface area (Å²) in [6.07, 6.45) is 6.55. The van der Waals surface area contributed by atoms with Gasteiger partial charge in [0.15, 0.2) is 5.65 Å². The highest BCUT2D eigenvalue weighted by atomic mass is 32.2. The number of benzene rings is 1. The van der Waals surface area contributed by atoms with Crippen molar-refractivity contribution in [1.29, 1.82) is 0 Å². The van der Waals surface area contributed by atoms with Crippen molar-refractivity contribution in [3.8, 4) is 5.75 Å². The van der Waals surface area contributed by atoms with Crippen molar-refractivity contribution in [2.45, 2.75) is 24.2 Å². The number of hydrogen-bond acceptors (Lipinski definition) is 4.